The van der Waals surface area contributed by atoms with Crippen molar-refractivity contribution < 1.29 is 9.53 Å². The molecule has 3 aromatic rings. The Morgan fingerprint density at radius 1 is 1.23 bits per heavy atom. The highest BCUT2D eigenvalue weighted by atomic mass is 16.5. The molecule has 2 fully saturated rings. The summed E-state index contributed by atoms with van der Waals surface area (Å²) >= 11 is 0. The Bertz CT molecular complexity index is 1120. The first-order chi connectivity index (χ1) is 14.5. The average Bonchev–Trinajstić information content (AvgIpc) is 3.42. The van der Waals surface area contributed by atoms with Crippen molar-refractivity contribution in [3.05, 3.63) is 35.5 Å². The van der Waals surface area contributed by atoms with Crippen molar-refractivity contribution >= 4 is 28.7 Å². The standard InChI is InChI=1S/C20H24N8O2/c1-30-16-4-11(19(29)27-8-13-5-23-6-14(13)9-27)2-3-12(16)10-28-17-15(7-24-28)25-20(22)26-18(17)21/h2-4,7,13-14,23H,5-6,8-10H2,1H3,(H4,21,22,25,26)/t13-,14+. The van der Waals surface area contributed by atoms with Crippen LogP contribution in [0.25, 0.3) is 11.0 Å². The van der Waals surface area contributed by atoms with Gasteiger partial charge in [0.25, 0.3) is 5.91 Å². The number of hydrogen-bond donors (Lipinski definition) is 3. The van der Waals surface area contributed by atoms with Crippen molar-refractivity contribution in [2.45, 2.75) is 6.54 Å². The number of fused-ring (bicyclic) bond motifs is 2. The molecule has 10 heteroatoms. The van der Waals surface area contributed by atoms with Gasteiger partial charge in [-0.25, -0.2) is 4.98 Å². The topological polar surface area (TPSA) is 137 Å². The summed E-state index contributed by atoms with van der Waals surface area (Å²) in [6.07, 6.45) is 1.60. The maximum absolute atomic E-state index is 13.0. The van der Waals surface area contributed by atoms with Crippen LogP contribution in [0.5, 0.6) is 5.75 Å². The lowest BCUT2D eigenvalue weighted by atomic mass is 10.0. The van der Waals surface area contributed by atoms with E-state index >= 15 is 0 Å². The maximum Gasteiger partial charge on any atom is 0.254 e. The Hall–Kier alpha value is -3.40. The fourth-order valence-corrected chi connectivity index (χ4v) is 4.54. The molecular formula is C20H24N8O2. The molecule has 2 atom stereocenters. The highest BCUT2D eigenvalue weighted by Crippen LogP contribution is 2.29. The van der Waals surface area contributed by atoms with Gasteiger partial charge >= 0.3 is 0 Å². The molecule has 156 valence electrons. The molecule has 30 heavy (non-hydrogen) atoms. The molecule has 10 nitrogen and oxygen atoms in total. The lowest BCUT2D eigenvalue weighted by Crippen LogP contribution is -2.31. The van der Waals surface area contributed by atoms with Gasteiger partial charge < -0.3 is 26.4 Å². The third kappa shape index (κ3) is 3.09. The highest BCUT2D eigenvalue weighted by molar-refractivity contribution is 5.95. The minimum atomic E-state index is 0.0481. The predicted molar refractivity (Wildman–Crippen MR) is 112 cm³/mol. The molecule has 1 aromatic carbocycles. The molecule has 0 saturated carbocycles. The van der Waals surface area contributed by atoms with E-state index in [1.54, 1.807) is 24.1 Å². The fraction of sp³-hybridized carbons (Fsp3) is 0.400. The first kappa shape index (κ1) is 18.6. The van der Waals surface area contributed by atoms with E-state index in [-0.39, 0.29) is 17.7 Å². The zero-order valence-corrected chi connectivity index (χ0v) is 16.7. The Labute approximate surface area is 173 Å². The Kier molecular flexibility index (Phi) is 4.43. The second kappa shape index (κ2) is 7.13. The van der Waals surface area contributed by atoms with Gasteiger partial charge in [0.05, 0.1) is 19.9 Å². The van der Waals surface area contributed by atoms with E-state index < -0.39 is 0 Å². The smallest absolute Gasteiger partial charge is 0.254 e. The molecule has 2 aliphatic heterocycles. The summed E-state index contributed by atoms with van der Waals surface area (Å²) in [6, 6.07) is 5.54. The van der Waals surface area contributed by atoms with Crippen LogP contribution >= 0.6 is 0 Å². The lowest BCUT2D eigenvalue weighted by molar-refractivity contribution is 0.0781. The van der Waals surface area contributed by atoms with Crippen molar-refractivity contribution in [2.75, 3.05) is 44.8 Å². The first-order valence-electron chi connectivity index (χ1n) is 9.95. The number of nitrogens with one attached hydrogen (secondary N) is 1. The number of benzene rings is 1. The third-order valence-electron chi connectivity index (χ3n) is 6.06. The minimum absolute atomic E-state index is 0.0481. The van der Waals surface area contributed by atoms with E-state index in [1.165, 1.54) is 0 Å². The summed E-state index contributed by atoms with van der Waals surface area (Å²) in [7, 11) is 1.60. The van der Waals surface area contributed by atoms with Gasteiger partial charge in [-0.05, 0) is 24.0 Å². The normalized spacial score (nSPS) is 20.6. The van der Waals surface area contributed by atoms with Crippen LogP contribution in [0.4, 0.5) is 11.8 Å². The molecule has 0 spiro atoms. The number of nitrogens with zero attached hydrogens (tertiary/aromatic N) is 5. The number of rotatable bonds is 4. The van der Waals surface area contributed by atoms with Crippen LogP contribution in [0.2, 0.25) is 0 Å². The van der Waals surface area contributed by atoms with Crippen LogP contribution in [0, 0.1) is 11.8 Å². The summed E-state index contributed by atoms with van der Waals surface area (Å²) < 4.78 is 7.29. The number of nitrogen functional groups attached to an aromatic ring is 2. The van der Waals surface area contributed by atoms with Crippen molar-refractivity contribution in [1.29, 1.82) is 0 Å². The van der Waals surface area contributed by atoms with Gasteiger partial charge in [0, 0.05) is 37.3 Å². The van der Waals surface area contributed by atoms with Gasteiger partial charge in [0.2, 0.25) is 5.95 Å². The molecule has 2 aliphatic rings. The van der Waals surface area contributed by atoms with Crippen LogP contribution in [0.3, 0.4) is 0 Å². The average molecular weight is 408 g/mol. The van der Waals surface area contributed by atoms with Crippen LogP contribution in [-0.2, 0) is 6.54 Å². The highest BCUT2D eigenvalue weighted by Gasteiger charge is 2.38. The molecule has 4 heterocycles. The number of ether oxygens (including phenoxy) is 1. The number of carbonyl (C=O) groups excluding carboxylic acids is 1. The van der Waals surface area contributed by atoms with Crippen molar-refractivity contribution in [1.82, 2.24) is 30.0 Å². The molecule has 2 aromatic heterocycles. The number of anilines is 2. The zero-order chi connectivity index (χ0) is 20.8. The van der Waals surface area contributed by atoms with Crippen molar-refractivity contribution in [3.8, 4) is 5.75 Å². The molecule has 0 bridgehead atoms. The van der Waals surface area contributed by atoms with E-state index in [4.69, 9.17) is 16.2 Å². The summed E-state index contributed by atoms with van der Waals surface area (Å²) in [5.41, 5.74) is 14.4. The lowest BCUT2D eigenvalue weighted by Gasteiger charge is -2.19. The number of nitrogens with two attached hydrogens (primary N) is 2. The van der Waals surface area contributed by atoms with Crippen molar-refractivity contribution in [3.63, 3.8) is 0 Å². The third-order valence-corrected chi connectivity index (χ3v) is 6.06. The summed E-state index contributed by atoms with van der Waals surface area (Å²) in [4.78, 5) is 23.2. The van der Waals surface area contributed by atoms with Crippen LogP contribution < -0.4 is 21.5 Å². The van der Waals surface area contributed by atoms with Crippen molar-refractivity contribution in [2.24, 2.45) is 11.8 Å². The number of carbonyl (C=O) groups is 1. The minimum Gasteiger partial charge on any atom is -0.496 e. The number of methoxy groups -OCH3 is 1. The molecular weight excluding hydrogens is 384 g/mol. The number of aromatic nitrogens is 4. The van der Waals surface area contributed by atoms with E-state index in [1.807, 2.05) is 17.0 Å². The second-order valence-corrected chi connectivity index (χ2v) is 7.92. The molecule has 2 saturated heterocycles. The zero-order valence-electron chi connectivity index (χ0n) is 16.7. The summed E-state index contributed by atoms with van der Waals surface area (Å²) in [5, 5.41) is 7.76. The molecule has 1 amide bonds. The Morgan fingerprint density at radius 3 is 2.73 bits per heavy atom. The quantitative estimate of drug-likeness (QED) is 0.562. The van der Waals surface area contributed by atoms with Crippen LogP contribution in [-0.4, -0.2) is 63.8 Å². The monoisotopic (exact) mass is 408 g/mol. The van der Waals surface area contributed by atoms with E-state index in [9.17, 15) is 4.79 Å². The van der Waals surface area contributed by atoms with Gasteiger partial charge in [-0.1, -0.05) is 6.07 Å². The Balaban J connectivity index is 1.40. The number of likely N-dealkylation sites (tertiary alicyclic amines) is 1. The summed E-state index contributed by atoms with van der Waals surface area (Å²) in [6.45, 7) is 4.00. The number of hydrogen-bond acceptors (Lipinski definition) is 8. The van der Waals surface area contributed by atoms with Crippen LogP contribution in [0.1, 0.15) is 15.9 Å². The van der Waals surface area contributed by atoms with Gasteiger partial charge in [-0.2, -0.15) is 10.1 Å². The maximum atomic E-state index is 13.0. The first-order valence-corrected chi connectivity index (χ1v) is 9.95. The van der Waals surface area contributed by atoms with Gasteiger partial charge in [-0.3, -0.25) is 9.48 Å². The SMILES string of the molecule is COc1cc(C(=O)N2C[C@H]3CNC[C@H]3C2)ccc1Cn1ncc2nc(N)nc(N)c21. The molecule has 0 aliphatic carbocycles. The number of amides is 1. The van der Waals surface area contributed by atoms with Gasteiger partial charge in [0.1, 0.15) is 16.8 Å². The second-order valence-electron chi connectivity index (χ2n) is 7.92. The molecule has 5 rings (SSSR count). The summed E-state index contributed by atoms with van der Waals surface area (Å²) in [5.74, 6) is 2.18. The Morgan fingerprint density at radius 2 is 2.00 bits per heavy atom. The van der Waals surface area contributed by atoms with E-state index in [0.29, 0.717) is 40.7 Å². The fourth-order valence-electron chi connectivity index (χ4n) is 4.54. The largest absolute Gasteiger partial charge is 0.496 e. The van der Waals surface area contributed by atoms with E-state index in [2.05, 4.69) is 20.4 Å². The van der Waals surface area contributed by atoms with E-state index in [0.717, 1.165) is 31.7 Å². The van der Waals surface area contributed by atoms with Crippen LogP contribution in [0.15, 0.2) is 24.4 Å². The predicted octanol–water partition coefficient (Wildman–Crippen LogP) is 0.339. The van der Waals surface area contributed by atoms with Gasteiger partial charge in [0.15, 0.2) is 5.82 Å². The van der Waals surface area contributed by atoms with Gasteiger partial charge in [-0.15, -0.1) is 0 Å². The molecule has 0 unspecified atom stereocenters. The molecule has 5 N–H and O–H groups in total. The molecule has 0 radical (unpaired) electrons.